The van der Waals surface area contributed by atoms with Crippen molar-refractivity contribution in [2.24, 2.45) is 0 Å². The molecule has 1 aliphatic rings. The van der Waals surface area contributed by atoms with E-state index in [1.165, 1.54) is 11.1 Å². The van der Waals surface area contributed by atoms with Gasteiger partial charge in [0.2, 0.25) is 0 Å². The summed E-state index contributed by atoms with van der Waals surface area (Å²) in [5, 5.41) is 9.15. The molecule has 5 heteroatoms. The molecule has 116 valence electrons. The number of nitrogens with zero attached hydrogens (tertiary/aromatic N) is 1. The Bertz CT molecular complexity index is 444. The quantitative estimate of drug-likeness (QED) is 0.724. The van der Waals surface area contributed by atoms with Crippen molar-refractivity contribution in [1.29, 1.82) is 0 Å². The second-order valence-corrected chi connectivity index (χ2v) is 5.45. The van der Waals surface area contributed by atoms with Crippen LogP contribution in [0.15, 0.2) is 24.3 Å². The first-order valence-electron chi connectivity index (χ1n) is 7.75. The number of piperazine rings is 1. The molecule has 1 heterocycles. The fourth-order valence-electron chi connectivity index (χ4n) is 2.53. The normalized spacial score (nSPS) is 15.7. The van der Waals surface area contributed by atoms with E-state index in [1.807, 2.05) is 12.1 Å². The van der Waals surface area contributed by atoms with Gasteiger partial charge in [0.25, 0.3) is 0 Å². The highest BCUT2D eigenvalue weighted by Gasteiger charge is 2.09. The molecule has 0 atom stereocenters. The van der Waals surface area contributed by atoms with Crippen LogP contribution in [-0.2, 0) is 6.42 Å². The van der Waals surface area contributed by atoms with Gasteiger partial charge in [-0.25, -0.2) is 4.79 Å². The van der Waals surface area contributed by atoms with Crippen molar-refractivity contribution in [3.05, 3.63) is 35.4 Å². The molecule has 2 rings (SSSR count). The third-order valence-corrected chi connectivity index (χ3v) is 3.86. The van der Waals surface area contributed by atoms with Crippen LogP contribution in [0.25, 0.3) is 0 Å². The van der Waals surface area contributed by atoms with Crippen molar-refractivity contribution in [1.82, 2.24) is 20.9 Å². The number of hydrogen-bond donors (Lipinski definition) is 3. The fourth-order valence-corrected chi connectivity index (χ4v) is 2.53. The van der Waals surface area contributed by atoms with E-state index in [-0.39, 0.29) is 6.03 Å². The van der Waals surface area contributed by atoms with E-state index in [4.69, 9.17) is 0 Å². The number of nitrogens with one attached hydrogen (secondary N) is 3. The molecule has 0 radical (unpaired) electrons. The topological polar surface area (TPSA) is 56.4 Å². The molecule has 1 saturated heterocycles. The van der Waals surface area contributed by atoms with E-state index in [2.05, 4.69) is 39.9 Å². The maximum atomic E-state index is 11.7. The van der Waals surface area contributed by atoms with Gasteiger partial charge >= 0.3 is 6.03 Å². The van der Waals surface area contributed by atoms with Crippen LogP contribution in [0.2, 0.25) is 0 Å². The van der Waals surface area contributed by atoms with Crippen molar-refractivity contribution in [2.75, 3.05) is 45.8 Å². The molecule has 0 saturated carbocycles. The van der Waals surface area contributed by atoms with Gasteiger partial charge in [-0.05, 0) is 24.5 Å². The number of rotatable bonds is 6. The SMILES string of the molecule is Cc1ccccc1CCNC(=O)NCCN1CCNCC1. The van der Waals surface area contributed by atoms with Gasteiger partial charge in [0.1, 0.15) is 0 Å². The largest absolute Gasteiger partial charge is 0.338 e. The Balaban J connectivity index is 1.56. The van der Waals surface area contributed by atoms with Crippen LogP contribution < -0.4 is 16.0 Å². The second kappa shape index (κ2) is 8.64. The Morgan fingerprint density at radius 3 is 2.67 bits per heavy atom. The molecule has 0 aromatic heterocycles. The first-order chi connectivity index (χ1) is 10.3. The number of benzene rings is 1. The van der Waals surface area contributed by atoms with E-state index in [0.717, 1.165) is 39.1 Å². The Labute approximate surface area is 127 Å². The molecule has 0 bridgehead atoms. The van der Waals surface area contributed by atoms with Crippen molar-refractivity contribution in [3.8, 4) is 0 Å². The molecule has 2 amide bonds. The number of amides is 2. The van der Waals surface area contributed by atoms with Crippen molar-refractivity contribution < 1.29 is 4.79 Å². The van der Waals surface area contributed by atoms with Crippen molar-refractivity contribution in [2.45, 2.75) is 13.3 Å². The molecular formula is C16H26N4O. The summed E-state index contributed by atoms with van der Waals surface area (Å²) in [4.78, 5) is 14.1. The van der Waals surface area contributed by atoms with E-state index in [9.17, 15) is 4.79 Å². The maximum Gasteiger partial charge on any atom is 0.314 e. The average molecular weight is 290 g/mol. The highest BCUT2D eigenvalue weighted by Crippen LogP contribution is 2.06. The number of carbonyl (C=O) groups is 1. The molecule has 1 aromatic carbocycles. The molecule has 5 nitrogen and oxygen atoms in total. The van der Waals surface area contributed by atoms with Gasteiger partial charge in [0, 0.05) is 45.8 Å². The highest BCUT2D eigenvalue weighted by molar-refractivity contribution is 5.73. The summed E-state index contributed by atoms with van der Waals surface area (Å²) in [5.74, 6) is 0. The summed E-state index contributed by atoms with van der Waals surface area (Å²) >= 11 is 0. The second-order valence-electron chi connectivity index (χ2n) is 5.45. The highest BCUT2D eigenvalue weighted by atomic mass is 16.2. The van der Waals surface area contributed by atoms with E-state index < -0.39 is 0 Å². The van der Waals surface area contributed by atoms with Gasteiger partial charge in [0.15, 0.2) is 0 Å². The zero-order valence-electron chi connectivity index (χ0n) is 12.8. The Kier molecular flexibility index (Phi) is 6.50. The van der Waals surface area contributed by atoms with Gasteiger partial charge in [0.05, 0.1) is 0 Å². The molecular weight excluding hydrogens is 264 g/mol. The van der Waals surface area contributed by atoms with Gasteiger partial charge < -0.3 is 16.0 Å². The van der Waals surface area contributed by atoms with Crippen LogP contribution in [0.1, 0.15) is 11.1 Å². The lowest BCUT2D eigenvalue weighted by atomic mass is 10.1. The minimum absolute atomic E-state index is 0.0706. The van der Waals surface area contributed by atoms with Crippen LogP contribution in [0.4, 0.5) is 4.79 Å². The minimum Gasteiger partial charge on any atom is -0.338 e. The summed E-state index contributed by atoms with van der Waals surface area (Å²) < 4.78 is 0. The zero-order chi connectivity index (χ0) is 14.9. The fraction of sp³-hybridized carbons (Fsp3) is 0.562. The molecule has 0 unspecified atom stereocenters. The lowest BCUT2D eigenvalue weighted by molar-refractivity contribution is 0.227. The molecule has 0 aliphatic carbocycles. The number of hydrogen-bond acceptors (Lipinski definition) is 3. The van der Waals surface area contributed by atoms with E-state index >= 15 is 0 Å². The van der Waals surface area contributed by atoms with Gasteiger partial charge in [-0.15, -0.1) is 0 Å². The van der Waals surface area contributed by atoms with Crippen LogP contribution >= 0.6 is 0 Å². The molecule has 1 aliphatic heterocycles. The van der Waals surface area contributed by atoms with E-state index in [0.29, 0.717) is 13.1 Å². The van der Waals surface area contributed by atoms with Crippen LogP contribution in [-0.4, -0.2) is 56.7 Å². The predicted molar refractivity (Wildman–Crippen MR) is 85.6 cm³/mol. The summed E-state index contributed by atoms with van der Waals surface area (Å²) in [7, 11) is 0. The zero-order valence-corrected chi connectivity index (χ0v) is 12.8. The van der Waals surface area contributed by atoms with Gasteiger partial charge in [-0.1, -0.05) is 24.3 Å². The van der Waals surface area contributed by atoms with Crippen LogP contribution in [0.5, 0.6) is 0 Å². The number of carbonyl (C=O) groups excluding carboxylic acids is 1. The molecule has 3 N–H and O–H groups in total. The number of aryl methyl sites for hydroxylation is 1. The molecule has 1 fully saturated rings. The van der Waals surface area contributed by atoms with Crippen LogP contribution in [0.3, 0.4) is 0 Å². The average Bonchev–Trinajstić information content (AvgIpc) is 2.50. The standard InChI is InChI=1S/C16H26N4O/c1-14-4-2-3-5-15(14)6-7-18-16(21)19-10-13-20-11-8-17-9-12-20/h2-5,17H,6-13H2,1H3,(H2,18,19,21). The van der Waals surface area contributed by atoms with E-state index in [1.54, 1.807) is 0 Å². The lowest BCUT2D eigenvalue weighted by Crippen LogP contribution is -2.47. The lowest BCUT2D eigenvalue weighted by Gasteiger charge is -2.27. The predicted octanol–water partition coefficient (Wildman–Crippen LogP) is 0.742. The first-order valence-corrected chi connectivity index (χ1v) is 7.75. The summed E-state index contributed by atoms with van der Waals surface area (Å²) in [6.07, 6.45) is 0.873. The minimum atomic E-state index is -0.0706. The smallest absolute Gasteiger partial charge is 0.314 e. The Hall–Kier alpha value is -1.59. The monoisotopic (exact) mass is 290 g/mol. The first kappa shape index (κ1) is 15.8. The Morgan fingerprint density at radius 1 is 1.19 bits per heavy atom. The van der Waals surface area contributed by atoms with Crippen LogP contribution in [0, 0.1) is 6.92 Å². The summed E-state index contributed by atoms with van der Waals surface area (Å²) in [5.41, 5.74) is 2.57. The van der Waals surface area contributed by atoms with Crippen molar-refractivity contribution >= 4 is 6.03 Å². The van der Waals surface area contributed by atoms with Crippen molar-refractivity contribution in [3.63, 3.8) is 0 Å². The Morgan fingerprint density at radius 2 is 1.90 bits per heavy atom. The third kappa shape index (κ3) is 5.73. The third-order valence-electron chi connectivity index (χ3n) is 3.86. The maximum absolute atomic E-state index is 11.7. The molecule has 1 aromatic rings. The molecule has 21 heavy (non-hydrogen) atoms. The molecule has 0 spiro atoms. The van der Waals surface area contributed by atoms with Gasteiger partial charge in [-0.2, -0.15) is 0 Å². The number of urea groups is 1. The summed E-state index contributed by atoms with van der Waals surface area (Å²) in [6.45, 7) is 8.62. The van der Waals surface area contributed by atoms with Gasteiger partial charge in [-0.3, -0.25) is 4.90 Å². The summed E-state index contributed by atoms with van der Waals surface area (Å²) in [6, 6.07) is 8.21.